The van der Waals surface area contributed by atoms with Crippen LogP contribution in [0.15, 0.2) is 12.5 Å². The fraction of sp³-hybridized carbons (Fsp3) is 0.556. The summed E-state index contributed by atoms with van der Waals surface area (Å²) in [4.78, 5) is 18.0. The number of hydrogen-bond acceptors (Lipinski definition) is 3. The minimum absolute atomic E-state index is 0.000449. The molecule has 0 aliphatic carbocycles. The van der Waals surface area contributed by atoms with Crippen LogP contribution in [-0.4, -0.2) is 28.5 Å². The highest BCUT2D eigenvalue weighted by Gasteiger charge is 2.03. The van der Waals surface area contributed by atoms with E-state index in [1.165, 1.54) is 0 Å². The molecule has 14 heavy (non-hydrogen) atoms. The van der Waals surface area contributed by atoms with E-state index in [0.29, 0.717) is 13.0 Å². The predicted octanol–water partition coefficient (Wildman–Crippen LogP) is -0.194. The van der Waals surface area contributed by atoms with E-state index in [1.54, 1.807) is 12.5 Å². The number of aromatic nitrogens is 2. The molecule has 5 nitrogen and oxygen atoms in total. The lowest BCUT2D eigenvalue weighted by Crippen LogP contribution is -2.31. The van der Waals surface area contributed by atoms with Gasteiger partial charge in [0.05, 0.1) is 6.33 Å². The molecule has 0 aliphatic heterocycles. The molecule has 0 fully saturated rings. The Kier molecular flexibility index (Phi) is 4.12. The van der Waals surface area contributed by atoms with Gasteiger partial charge in [0.15, 0.2) is 0 Å². The monoisotopic (exact) mass is 196 g/mol. The average molecular weight is 196 g/mol. The third kappa shape index (κ3) is 4.04. The molecular weight excluding hydrogens is 180 g/mol. The van der Waals surface area contributed by atoms with Gasteiger partial charge in [0.2, 0.25) is 5.91 Å². The van der Waals surface area contributed by atoms with E-state index in [9.17, 15) is 4.79 Å². The first kappa shape index (κ1) is 10.7. The molecule has 0 saturated heterocycles. The average Bonchev–Trinajstić information content (AvgIpc) is 2.55. The van der Waals surface area contributed by atoms with E-state index in [4.69, 9.17) is 5.73 Å². The lowest BCUT2D eigenvalue weighted by atomic mass is 10.2. The third-order valence-electron chi connectivity index (χ3n) is 1.78. The number of nitrogens with one attached hydrogen (secondary N) is 2. The minimum Gasteiger partial charge on any atom is -0.356 e. The van der Waals surface area contributed by atoms with Crippen LogP contribution in [-0.2, 0) is 11.2 Å². The van der Waals surface area contributed by atoms with E-state index in [0.717, 1.165) is 12.1 Å². The van der Waals surface area contributed by atoms with Gasteiger partial charge >= 0.3 is 0 Å². The maximum absolute atomic E-state index is 11.2. The fourth-order valence-corrected chi connectivity index (χ4v) is 1.12. The molecule has 0 saturated carbocycles. The number of nitrogens with zero attached hydrogens (tertiary/aromatic N) is 1. The van der Waals surface area contributed by atoms with Gasteiger partial charge in [-0.05, 0) is 6.92 Å². The summed E-state index contributed by atoms with van der Waals surface area (Å²) < 4.78 is 0. The SMILES string of the molecule is CC(N)CC(=O)NCCc1cnc[nH]1. The molecule has 0 radical (unpaired) electrons. The van der Waals surface area contributed by atoms with Crippen LogP contribution in [0, 0.1) is 0 Å². The molecule has 78 valence electrons. The summed E-state index contributed by atoms with van der Waals surface area (Å²) in [7, 11) is 0. The Hall–Kier alpha value is -1.36. The Morgan fingerprint density at radius 3 is 3.14 bits per heavy atom. The normalized spacial score (nSPS) is 12.4. The molecular formula is C9H16N4O. The quantitative estimate of drug-likeness (QED) is 0.610. The van der Waals surface area contributed by atoms with Crippen molar-refractivity contribution >= 4 is 5.91 Å². The van der Waals surface area contributed by atoms with Crippen LogP contribution in [0.1, 0.15) is 19.0 Å². The number of imidazole rings is 1. The molecule has 1 aromatic rings. The largest absolute Gasteiger partial charge is 0.356 e. The van der Waals surface area contributed by atoms with Crippen molar-refractivity contribution in [3.8, 4) is 0 Å². The van der Waals surface area contributed by atoms with Crippen LogP contribution in [0.25, 0.3) is 0 Å². The summed E-state index contributed by atoms with van der Waals surface area (Å²) in [5.74, 6) is -0.000449. The van der Waals surface area contributed by atoms with Crippen molar-refractivity contribution in [3.05, 3.63) is 18.2 Å². The van der Waals surface area contributed by atoms with Gasteiger partial charge in [-0.15, -0.1) is 0 Å². The van der Waals surface area contributed by atoms with Gasteiger partial charge in [-0.25, -0.2) is 4.98 Å². The smallest absolute Gasteiger partial charge is 0.221 e. The van der Waals surface area contributed by atoms with Gasteiger partial charge in [0.1, 0.15) is 0 Å². The van der Waals surface area contributed by atoms with E-state index in [-0.39, 0.29) is 11.9 Å². The van der Waals surface area contributed by atoms with Crippen LogP contribution in [0.4, 0.5) is 0 Å². The summed E-state index contributed by atoms with van der Waals surface area (Å²) >= 11 is 0. The fourth-order valence-electron chi connectivity index (χ4n) is 1.12. The second-order valence-corrected chi connectivity index (χ2v) is 3.36. The third-order valence-corrected chi connectivity index (χ3v) is 1.78. The summed E-state index contributed by atoms with van der Waals surface area (Å²) in [5, 5.41) is 2.79. The Morgan fingerprint density at radius 2 is 2.57 bits per heavy atom. The second kappa shape index (κ2) is 5.39. The predicted molar refractivity (Wildman–Crippen MR) is 53.6 cm³/mol. The van der Waals surface area contributed by atoms with E-state index < -0.39 is 0 Å². The molecule has 0 aliphatic rings. The second-order valence-electron chi connectivity index (χ2n) is 3.36. The molecule has 5 heteroatoms. The zero-order chi connectivity index (χ0) is 10.4. The van der Waals surface area contributed by atoms with Gasteiger partial charge in [0, 0.05) is 37.3 Å². The molecule has 0 aromatic carbocycles. The van der Waals surface area contributed by atoms with Gasteiger partial charge in [-0.2, -0.15) is 0 Å². The van der Waals surface area contributed by atoms with Crippen LogP contribution in [0.2, 0.25) is 0 Å². The zero-order valence-corrected chi connectivity index (χ0v) is 8.29. The molecule has 0 spiro atoms. The van der Waals surface area contributed by atoms with Gasteiger partial charge in [-0.3, -0.25) is 4.79 Å². The number of carbonyl (C=O) groups excluding carboxylic acids is 1. The molecule has 1 unspecified atom stereocenters. The van der Waals surface area contributed by atoms with Crippen molar-refractivity contribution in [2.24, 2.45) is 5.73 Å². The first-order chi connectivity index (χ1) is 6.68. The van der Waals surface area contributed by atoms with Crippen molar-refractivity contribution in [1.82, 2.24) is 15.3 Å². The van der Waals surface area contributed by atoms with Gasteiger partial charge < -0.3 is 16.0 Å². The summed E-state index contributed by atoms with van der Waals surface area (Å²) in [6.45, 7) is 2.43. The topological polar surface area (TPSA) is 83.8 Å². The maximum atomic E-state index is 11.2. The molecule has 1 amide bonds. The van der Waals surface area contributed by atoms with E-state index in [2.05, 4.69) is 15.3 Å². The zero-order valence-electron chi connectivity index (χ0n) is 8.29. The van der Waals surface area contributed by atoms with E-state index in [1.807, 2.05) is 6.92 Å². The molecule has 4 N–H and O–H groups in total. The first-order valence-electron chi connectivity index (χ1n) is 4.68. The van der Waals surface area contributed by atoms with Crippen LogP contribution in [0.5, 0.6) is 0 Å². The Balaban J connectivity index is 2.12. The Morgan fingerprint density at radius 1 is 1.79 bits per heavy atom. The highest BCUT2D eigenvalue weighted by molar-refractivity contribution is 5.76. The first-order valence-corrected chi connectivity index (χ1v) is 4.68. The van der Waals surface area contributed by atoms with Crippen LogP contribution >= 0.6 is 0 Å². The summed E-state index contributed by atoms with van der Waals surface area (Å²) in [6.07, 6.45) is 4.52. The number of H-pyrrole nitrogens is 1. The lowest BCUT2D eigenvalue weighted by molar-refractivity contribution is -0.121. The Labute approximate surface area is 83.1 Å². The van der Waals surface area contributed by atoms with Crippen LogP contribution in [0.3, 0.4) is 0 Å². The summed E-state index contributed by atoms with van der Waals surface area (Å²) in [5.41, 5.74) is 6.50. The highest BCUT2D eigenvalue weighted by atomic mass is 16.1. The molecule has 0 bridgehead atoms. The Bertz CT molecular complexity index is 268. The van der Waals surface area contributed by atoms with Crippen molar-refractivity contribution in [1.29, 1.82) is 0 Å². The molecule has 1 atom stereocenters. The number of aromatic amines is 1. The van der Waals surface area contributed by atoms with Gasteiger partial charge in [-0.1, -0.05) is 0 Å². The van der Waals surface area contributed by atoms with E-state index >= 15 is 0 Å². The molecule has 1 rings (SSSR count). The number of nitrogens with two attached hydrogens (primary N) is 1. The van der Waals surface area contributed by atoms with Crippen molar-refractivity contribution in [3.63, 3.8) is 0 Å². The maximum Gasteiger partial charge on any atom is 0.221 e. The van der Waals surface area contributed by atoms with Crippen molar-refractivity contribution < 1.29 is 4.79 Å². The number of hydrogen-bond donors (Lipinski definition) is 3. The van der Waals surface area contributed by atoms with Crippen LogP contribution < -0.4 is 11.1 Å². The lowest BCUT2D eigenvalue weighted by Gasteiger charge is -2.05. The molecule has 1 heterocycles. The van der Waals surface area contributed by atoms with Crippen molar-refractivity contribution in [2.45, 2.75) is 25.8 Å². The number of amides is 1. The highest BCUT2D eigenvalue weighted by Crippen LogP contribution is 1.91. The standard InChI is InChI=1S/C9H16N4O/c1-7(10)4-9(14)12-3-2-8-5-11-6-13-8/h5-7H,2-4,10H2,1H3,(H,11,13)(H,12,14). The number of carbonyl (C=O) groups is 1. The van der Waals surface area contributed by atoms with Gasteiger partial charge in [0.25, 0.3) is 0 Å². The summed E-state index contributed by atoms with van der Waals surface area (Å²) in [6, 6.07) is -0.0813. The minimum atomic E-state index is -0.0813. The number of rotatable bonds is 5. The molecule has 1 aromatic heterocycles. The van der Waals surface area contributed by atoms with Crippen molar-refractivity contribution in [2.75, 3.05) is 6.54 Å².